The van der Waals surface area contributed by atoms with Crippen LogP contribution in [0.5, 0.6) is 0 Å². The Hall–Kier alpha value is -1.83. The van der Waals surface area contributed by atoms with Crippen molar-refractivity contribution >= 4 is 43.8 Å². The zero-order chi connectivity index (χ0) is 14.2. The van der Waals surface area contributed by atoms with Gasteiger partial charge < -0.3 is 0 Å². The summed E-state index contributed by atoms with van der Waals surface area (Å²) in [5, 5.41) is 3.64. The van der Waals surface area contributed by atoms with E-state index in [0.29, 0.717) is 0 Å². The summed E-state index contributed by atoms with van der Waals surface area (Å²) in [6.45, 7) is 0. The zero-order valence-electron chi connectivity index (χ0n) is 11.3. The minimum Gasteiger partial charge on any atom is -0.138 e. The third-order valence-electron chi connectivity index (χ3n) is 3.79. The van der Waals surface area contributed by atoms with Crippen LogP contribution in [0.2, 0.25) is 0 Å². The molecule has 0 fully saturated rings. The Morgan fingerprint density at radius 2 is 1.48 bits per heavy atom. The van der Waals surface area contributed by atoms with E-state index < -0.39 is 0 Å². The van der Waals surface area contributed by atoms with Gasteiger partial charge in [0.25, 0.3) is 0 Å². The minimum atomic E-state index is -0.103. The maximum atomic E-state index is 6.79. The van der Waals surface area contributed by atoms with Crippen LogP contribution in [0.4, 0.5) is 0 Å². The molecule has 0 aliphatic rings. The highest BCUT2D eigenvalue weighted by Crippen LogP contribution is 2.39. The van der Waals surface area contributed by atoms with Gasteiger partial charge in [-0.2, -0.15) is 0 Å². The molecule has 1 aromatic heterocycles. The third kappa shape index (κ3) is 2.23. The molecule has 0 nitrogen and oxygen atoms in total. The van der Waals surface area contributed by atoms with Crippen LogP contribution in [0, 0.1) is 0 Å². The molecule has 0 aliphatic carbocycles. The maximum Gasteiger partial charge on any atom is 0.0934 e. The lowest BCUT2D eigenvalue weighted by Gasteiger charge is -2.11. The molecule has 21 heavy (non-hydrogen) atoms. The van der Waals surface area contributed by atoms with E-state index in [1.165, 1.54) is 31.3 Å². The molecule has 0 bridgehead atoms. The maximum absolute atomic E-state index is 6.79. The summed E-state index contributed by atoms with van der Waals surface area (Å²) in [6.07, 6.45) is 0. The van der Waals surface area contributed by atoms with Crippen molar-refractivity contribution in [3.05, 3.63) is 83.2 Å². The molecule has 1 unspecified atom stereocenters. The van der Waals surface area contributed by atoms with Gasteiger partial charge in [-0.1, -0.05) is 60.7 Å². The molecule has 0 aliphatic heterocycles. The fourth-order valence-corrected chi connectivity index (χ4v) is 4.20. The van der Waals surface area contributed by atoms with Crippen molar-refractivity contribution in [1.82, 2.24) is 0 Å². The van der Waals surface area contributed by atoms with E-state index in [-0.39, 0.29) is 5.38 Å². The first-order chi connectivity index (χ1) is 10.3. The zero-order valence-corrected chi connectivity index (χ0v) is 12.9. The van der Waals surface area contributed by atoms with Crippen molar-refractivity contribution in [2.24, 2.45) is 0 Å². The molecule has 102 valence electrons. The Labute approximate surface area is 132 Å². The van der Waals surface area contributed by atoms with Crippen molar-refractivity contribution < 1.29 is 0 Å². The van der Waals surface area contributed by atoms with E-state index in [1.807, 2.05) is 0 Å². The highest BCUT2D eigenvalue weighted by Gasteiger charge is 2.16. The lowest BCUT2D eigenvalue weighted by molar-refractivity contribution is 1.21. The molecule has 0 amide bonds. The molecule has 0 saturated carbocycles. The molecule has 2 heteroatoms. The van der Waals surface area contributed by atoms with Crippen LogP contribution < -0.4 is 0 Å². The first-order valence-electron chi connectivity index (χ1n) is 6.93. The predicted molar refractivity (Wildman–Crippen MR) is 93.5 cm³/mol. The van der Waals surface area contributed by atoms with Crippen molar-refractivity contribution in [3.8, 4) is 0 Å². The Kier molecular flexibility index (Phi) is 3.17. The van der Waals surface area contributed by atoms with Crippen LogP contribution in [0.25, 0.3) is 20.9 Å². The van der Waals surface area contributed by atoms with Gasteiger partial charge in [-0.05, 0) is 33.9 Å². The van der Waals surface area contributed by atoms with Crippen LogP contribution in [0.15, 0.2) is 72.8 Å². The predicted octanol–water partition coefficient (Wildman–Crippen LogP) is 6.38. The first kappa shape index (κ1) is 12.9. The number of thiophene rings is 1. The number of rotatable bonds is 2. The minimum absolute atomic E-state index is 0.103. The van der Waals surface area contributed by atoms with Crippen molar-refractivity contribution in [2.75, 3.05) is 0 Å². The molecule has 0 N–H and O–H groups in total. The van der Waals surface area contributed by atoms with Gasteiger partial charge in [0.1, 0.15) is 0 Å². The molecule has 1 heterocycles. The second-order valence-corrected chi connectivity index (χ2v) is 6.67. The van der Waals surface area contributed by atoms with E-state index in [1.54, 1.807) is 11.3 Å². The summed E-state index contributed by atoms with van der Waals surface area (Å²) >= 11 is 8.57. The van der Waals surface area contributed by atoms with Gasteiger partial charge >= 0.3 is 0 Å². The van der Waals surface area contributed by atoms with Crippen molar-refractivity contribution in [1.29, 1.82) is 0 Å². The van der Waals surface area contributed by atoms with Crippen LogP contribution in [0.1, 0.15) is 15.8 Å². The lowest BCUT2D eigenvalue weighted by atomic mass is 10.0. The van der Waals surface area contributed by atoms with Gasteiger partial charge in [-0.25, -0.2) is 0 Å². The SMILES string of the molecule is ClC(c1cc2ccccc2s1)c1cccc2ccccc12. The number of fused-ring (bicyclic) bond motifs is 2. The van der Waals surface area contributed by atoms with Crippen LogP contribution >= 0.6 is 22.9 Å². The first-order valence-corrected chi connectivity index (χ1v) is 8.18. The Bertz CT molecular complexity index is 885. The second-order valence-electron chi connectivity index (χ2n) is 5.12. The summed E-state index contributed by atoms with van der Waals surface area (Å²) in [5.74, 6) is 0. The molecule has 0 spiro atoms. The summed E-state index contributed by atoms with van der Waals surface area (Å²) in [4.78, 5) is 1.20. The van der Waals surface area contributed by atoms with Crippen LogP contribution in [-0.2, 0) is 0 Å². The van der Waals surface area contributed by atoms with E-state index >= 15 is 0 Å². The standard InChI is InChI=1S/C19H13ClS/c20-19(18-12-14-7-2-4-11-17(14)21-18)16-10-5-8-13-6-1-3-9-15(13)16/h1-12,19H. The Balaban J connectivity index is 1.87. The largest absolute Gasteiger partial charge is 0.138 e. The number of alkyl halides is 1. The van der Waals surface area contributed by atoms with Gasteiger partial charge in [-0.3, -0.25) is 0 Å². The number of hydrogen-bond donors (Lipinski definition) is 0. The fourth-order valence-electron chi connectivity index (χ4n) is 2.75. The van der Waals surface area contributed by atoms with Gasteiger partial charge in [0.05, 0.1) is 5.38 Å². The van der Waals surface area contributed by atoms with Gasteiger partial charge in [0.15, 0.2) is 0 Å². The van der Waals surface area contributed by atoms with E-state index in [2.05, 4.69) is 72.8 Å². The third-order valence-corrected chi connectivity index (χ3v) is 5.57. The molecule has 0 radical (unpaired) electrons. The van der Waals surface area contributed by atoms with Crippen molar-refractivity contribution in [3.63, 3.8) is 0 Å². The molecule has 3 aromatic carbocycles. The quantitative estimate of drug-likeness (QED) is 0.377. The highest BCUT2D eigenvalue weighted by atomic mass is 35.5. The second kappa shape index (κ2) is 5.18. The molecular weight excluding hydrogens is 296 g/mol. The smallest absolute Gasteiger partial charge is 0.0934 e. The number of hydrogen-bond acceptors (Lipinski definition) is 1. The van der Waals surface area contributed by atoms with E-state index in [0.717, 1.165) is 0 Å². The van der Waals surface area contributed by atoms with E-state index in [9.17, 15) is 0 Å². The fraction of sp³-hybridized carbons (Fsp3) is 0.0526. The molecule has 4 aromatic rings. The Morgan fingerprint density at radius 1 is 0.762 bits per heavy atom. The van der Waals surface area contributed by atoms with Gasteiger partial charge in [-0.15, -0.1) is 22.9 Å². The average molecular weight is 309 g/mol. The molecule has 4 rings (SSSR count). The number of benzene rings is 3. The highest BCUT2D eigenvalue weighted by molar-refractivity contribution is 7.19. The molecular formula is C19H13ClS. The Morgan fingerprint density at radius 3 is 2.33 bits per heavy atom. The average Bonchev–Trinajstić information content (AvgIpc) is 2.97. The van der Waals surface area contributed by atoms with Gasteiger partial charge in [0.2, 0.25) is 0 Å². The number of halogens is 1. The molecule has 0 saturated heterocycles. The van der Waals surface area contributed by atoms with Gasteiger partial charge in [0, 0.05) is 9.58 Å². The van der Waals surface area contributed by atoms with E-state index in [4.69, 9.17) is 11.6 Å². The summed E-state index contributed by atoms with van der Waals surface area (Å²) < 4.78 is 1.29. The summed E-state index contributed by atoms with van der Waals surface area (Å²) in [7, 11) is 0. The monoisotopic (exact) mass is 308 g/mol. The van der Waals surface area contributed by atoms with Crippen LogP contribution in [-0.4, -0.2) is 0 Å². The molecule has 1 atom stereocenters. The topological polar surface area (TPSA) is 0 Å². The summed E-state index contributed by atoms with van der Waals surface area (Å²) in [6, 6.07) is 25.4. The van der Waals surface area contributed by atoms with Crippen molar-refractivity contribution in [2.45, 2.75) is 5.38 Å². The van der Waals surface area contributed by atoms with Crippen LogP contribution in [0.3, 0.4) is 0 Å². The normalized spacial score (nSPS) is 12.8. The lowest BCUT2D eigenvalue weighted by Crippen LogP contribution is -1.91. The summed E-state index contributed by atoms with van der Waals surface area (Å²) in [5.41, 5.74) is 1.18.